The molecule has 0 atom stereocenters. The summed E-state index contributed by atoms with van der Waals surface area (Å²) in [6.45, 7) is -0.132. The topological polar surface area (TPSA) is 103 Å². The van der Waals surface area contributed by atoms with Crippen molar-refractivity contribution in [1.29, 1.82) is 0 Å². The molecule has 0 saturated heterocycles. The normalized spacial score (nSPS) is 11.3. The maximum Gasteiger partial charge on any atom is 0.332 e. The summed E-state index contributed by atoms with van der Waals surface area (Å²) in [7, 11) is 2.90. The van der Waals surface area contributed by atoms with Gasteiger partial charge >= 0.3 is 5.69 Å². The van der Waals surface area contributed by atoms with E-state index in [0.29, 0.717) is 0 Å². The van der Waals surface area contributed by atoms with Crippen molar-refractivity contribution in [2.75, 3.05) is 0 Å². The molecule has 2 aromatic heterocycles. The van der Waals surface area contributed by atoms with Crippen molar-refractivity contribution in [3.63, 3.8) is 0 Å². The maximum atomic E-state index is 12.1. The van der Waals surface area contributed by atoms with Crippen molar-refractivity contribution in [2.24, 2.45) is 19.2 Å². The molecule has 0 spiro atoms. The molecule has 1 amide bonds. The Morgan fingerprint density at radius 1 is 1.31 bits per heavy atom. The first-order valence-corrected chi connectivity index (χ1v) is 8.36. The molecular weight excluding hydrogens is 404 g/mol. The average molecular weight is 419 g/mol. The number of aromatic nitrogens is 4. The number of halogens is 1. The molecule has 134 valence electrons. The molecule has 3 aromatic rings. The predicted molar refractivity (Wildman–Crippen MR) is 100 cm³/mol. The van der Waals surface area contributed by atoms with Crippen molar-refractivity contribution in [3.05, 3.63) is 61.5 Å². The van der Waals surface area contributed by atoms with E-state index in [1.807, 2.05) is 24.3 Å². The Balaban J connectivity index is 1.80. The first-order chi connectivity index (χ1) is 12.4. The number of nitrogens with one attached hydrogen (secondary N) is 1. The van der Waals surface area contributed by atoms with Gasteiger partial charge in [-0.1, -0.05) is 28.1 Å². The molecule has 0 aliphatic rings. The van der Waals surface area contributed by atoms with Crippen LogP contribution in [-0.4, -0.2) is 30.8 Å². The van der Waals surface area contributed by atoms with Gasteiger partial charge in [0.1, 0.15) is 12.2 Å². The number of hydrazone groups is 1. The highest BCUT2D eigenvalue weighted by Crippen LogP contribution is 2.10. The largest absolute Gasteiger partial charge is 0.332 e. The highest BCUT2D eigenvalue weighted by molar-refractivity contribution is 9.10. The van der Waals surface area contributed by atoms with Crippen LogP contribution in [0.1, 0.15) is 5.56 Å². The lowest BCUT2D eigenvalue weighted by atomic mass is 10.2. The van der Waals surface area contributed by atoms with Crippen LogP contribution in [0, 0.1) is 0 Å². The molecule has 9 nitrogen and oxygen atoms in total. The third-order valence-corrected chi connectivity index (χ3v) is 4.27. The molecular formula is C16H15BrN6O3. The number of rotatable bonds is 4. The van der Waals surface area contributed by atoms with Crippen molar-refractivity contribution >= 4 is 39.2 Å². The smallest absolute Gasteiger partial charge is 0.307 e. The van der Waals surface area contributed by atoms with E-state index in [0.717, 1.165) is 14.6 Å². The van der Waals surface area contributed by atoms with E-state index in [9.17, 15) is 14.4 Å². The molecule has 0 aliphatic carbocycles. The lowest BCUT2D eigenvalue weighted by Gasteiger charge is -2.07. The third-order valence-electron chi connectivity index (χ3n) is 3.77. The lowest BCUT2D eigenvalue weighted by molar-refractivity contribution is -0.121. The zero-order chi connectivity index (χ0) is 18.8. The average Bonchev–Trinajstić information content (AvgIpc) is 3.02. The summed E-state index contributed by atoms with van der Waals surface area (Å²) >= 11 is 3.35. The maximum absolute atomic E-state index is 12.1. The van der Waals surface area contributed by atoms with Crippen LogP contribution in [0.4, 0.5) is 0 Å². The minimum Gasteiger partial charge on any atom is -0.307 e. The zero-order valence-corrected chi connectivity index (χ0v) is 15.6. The SMILES string of the molecule is Cn1c(=O)c2ncn(CC(=O)N/N=C/c3cccc(Br)c3)c2n(C)c1=O. The van der Waals surface area contributed by atoms with Crippen LogP contribution in [0.2, 0.25) is 0 Å². The number of aryl methyl sites for hydroxylation is 1. The number of amides is 1. The number of nitrogens with zero attached hydrogens (tertiary/aromatic N) is 5. The van der Waals surface area contributed by atoms with Gasteiger partial charge < -0.3 is 4.57 Å². The number of benzene rings is 1. The van der Waals surface area contributed by atoms with E-state index in [2.05, 4.69) is 31.4 Å². The number of fused-ring (bicyclic) bond motifs is 1. The van der Waals surface area contributed by atoms with Gasteiger partial charge in [0.05, 0.1) is 12.5 Å². The van der Waals surface area contributed by atoms with Crippen LogP contribution in [0.25, 0.3) is 11.2 Å². The van der Waals surface area contributed by atoms with Gasteiger partial charge in [-0.15, -0.1) is 0 Å². The van der Waals surface area contributed by atoms with E-state index in [4.69, 9.17) is 0 Å². The summed E-state index contributed by atoms with van der Waals surface area (Å²) in [5, 5.41) is 3.90. The van der Waals surface area contributed by atoms with E-state index < -0.39 is 17.2 Å². The predicted octanol–water partition coefficient (Wildman–Crippen LogP) is 0.347. The molecule has 2 heterocycles. The molecule has 0 unspecified atom stereocenters. The summed E-state index contributed by atoms with van der Waals surface area (Å²) in [6.07, 6.45) is 2.86. The van der Waals surface area contributed by atoms with Crippen LogP contribution in [-0.2, 0) is 25.4 Å². The van der Waals surface area contributed by atoms with Crippen molar-refractivity contribution in [3.8, 4) is 0 Å². The van der Waals surface area contributed by atoms with Crippen LogP contribution in [0.3, 0.4) is 0 Å². The van der Waals surface area contributed by atoms with Crippen molar-refractivity contribution in [1.82, 2.24) is 24.1 Å². The van der Waals surface area contributed by atoms with Crippen molar-refractivity contribution < 1.29 is 4.79 Å². The molecule has 0 fully saturated rings. The second-order valence-electron chi connectivity index (χ2n) is 5.60. The number of carbonyl (C=O) groups excluding carboxylic acids is 1. The van der Waals surface area contributed by atoms with Crippen LogP contribution >= 0.6 is 15.9 Å². The molecule has 0 aliphatic heterocycles. The van der Waals surface area contributed by atoms with Gasteiger partial charge in [-0.2, -0.15) is 5.10 Å². The molecule has 0 bridgehead atoms. The molecule has 26 heavy (non-hydrogen) atoms. The lowest BCUT2D eigenvalue weighted by Crippen LogP contribution is -2.37. The quantitative estimate of drug-likeness (QED) is 0.487. The van der Waals surface area contributed by atoms with Gasteiger partial charge in [0.25, 0.3) is 11.5 Å². The Hall–Kier alpha value is -3.01. The molecule has 0 radical (unpaired) electrons. The van der Waals surface area contributed by atoms with E-state index in [-0.39, 0.29) is 17.7 Å². The fourth-order valence-corrected chi connectivity index (χ4v) is 2.93. The summed E-state index contributed by atoms with van der Waals surface area (Å²) in [5.41, 5.74) is 2.64. The minimum absolute atomic E-state index is 0.125. The van der Waals surface area contributed by atoms with E-state index in [1.165, 1.54) is 35.8 Å². The molecule has 3 rings (SSSR count). The Morgan fingerprint density at radius 3 is 2.81 bits per heavy atom. The van der Waals surface area contributed by atoms with Crippen LogP contribution < -0.4 is 16.7 Å². The van der Waals surface area contributed by atoms with E-state index >= 15 is 0 Å². The number of hydrogen-bond donors (Lipinski definition) is 1. The second-order valence-corrected chi connectivity index (χ2v) is 6.51. The number of carbonyl (C=O) groups is 1. The summed E-state index contributed by atoms with van der Waals surface area (Å²) in [6, 6.07) is 7.43. The first kappa shape index (κ1) is 17.8. The second kappa shape index (κ2) is 7.08. The van der Waals surface area contributed by atoms with Crippen molar-refractivity contribution in [2.45, 2.75) is 6.54 Å². The van der Waals surface area contributed by atoms with Gasteiger partial charge in [0, 0.05) is 18.6 Å². The Kier molecular flexibility index (Phi) is 4.85. The van der Waals surface area contributed by atoms with Gasteiger partial charge in [0.2, 0.25) is 0 Å². The summed E-state index contributed by atoms with van der Waals surface area (Å²) in [4.78, 5) is 40.3. The highest BCUT2D eigenvalue weighted by Gasteiger charge is 2.15. The third kappa shape index (κ3) is 3.36. The molecule has 1 aromatic carbocycles. The van der Waals surface area contributed by atoms with Gasteiger partial charge in [-0.05, 0) is 17.7 Å². The van der Waals surface area contributed by atoms with Crippen LogP contribution in [0.5, 0.6) is 0 Å². The standard InChI is InChI=1S/C16H15BrN6O3/c1-21-14-13(15(25)22(2)16(21)26)18-9-23(14)8-12(24)20-19-7-10-4-3-5-11(17)6-10/h3-7,9H,8H2,1-2H3,(H,20,24)/b19-7+. The minimum atomic E-state index is -0.505. The summed E-state index contributed by atoms with van der Waals surface area (Å²) in [5.74, 6) is -0.413. The van der Waals surface area contributed by atoms with Crippen LogP contribution in [0.15, 0.2) is 49.8 Å². The Morgan fingerprint density at radius 2 is 2.08 bits per heavy atom. The van der Waals surface area contributed by atoms with Gasteiger partial charge in [-0.25, -0.2) is 15.2 Å². The number of hydrogen-bond acceptors (Lipinski definition) is 5. The molecule has 10 heteroatoms. The van der Waals surface area contributed by atoms with E-state index in [1.54, 1.807) is 0 Å². The fraction of sp³-hybridized carbons (Fsp3) is 0.188. The zero-order valence-electron chi connectivity index (χ0n) is 14.0. The first-order valence-electron chi connectivity index (χ1n) is 7.57. The molecule has 1 N–H and O–H groups in total. The highest BCUT2D eigenvalue weighted by atomic mass is 79.9. The molecule has 0 saturated carbocycles. The Bertz CT molecular complexity index is 1140. The van der Waals surface area contributed by atoms with Gasteiger partial charge in [0.15, 0.2) is 5.52 Å². The Labute approximate surface area is 155 Å². The number of imidazole rings is 1. The van der Waals surface area contributed by atoms with Gasteiger partial charge in [-0.3, -0.25) is 18.7 Å². The summed E-state index contributed by atoms with van der Waals surface area (Å²) < 4.78 is 4.59. The fourth-order valence-electron chi connectivity index (χ4n) is 2.51. The monoisotopic (exact) mass is 418 g/mol.